The number of rotatable bonds is 7. The minimum absolute atomic E-state index is 0.228. The van der Waals surface area contributed by atoms with Crippen molar-refractivity contribution in [3.63, 3.8) is 0 Å². The number of hydrogen-bond donors (Lipinski definition) is 3. The first-order valence-electron chi connectivity index (χ1n) is 6.75. The Hall–Kier alpha value is -1.70. The van der Waals surface area contributed by atoms with Gasteiger partial charge in [0.15, 0.2) is 0 Å². The highest BCUT2D eigenvalue weighted by atomic mass is 32.2. The number of sulfonamides is 1. The van der Waals surface area contributed by atoms with Gasteiger partial charge in [0.25, 0.3) is 0 Å². The van der Waals surface area contributed by atoms with E-state index in [1.165, 1.54) is 0 Å². The predicted molar refractivity (Wildman–Crippen MR) is 81.4 cm³/mol. The molecule has 0 fully saturated rings. The monoisotopic (exact) mass is 308 g/mol. The molecule has 2 rings (SSSR count). The van der Waals surface area contributed by atoms with E-state index in [2.05, 4.69) is 20.2 Å². The standard InChI is InChI=1S/C14H20N4O2S/c1-11-13(9-16-18-11)10-17-21(19,20)14-5-3-12(4-6-14)7-8-15-2/h3-6,9,15,17H,7-8,10H2,1-2H3,(H,16,18). The molecule has 0 aliphatic carbocycles. The van der Waals surface area contributed by atoms with Crippen LogP contribution in [0, 0.1) is 6.92 Å². The van der Waals surface area contributed by atoms with Crippen LogP contribution in [0.25, 0.3) is 0 Å². The number of H-pyrrole nitrogens is 1. The molecule has 0 bridgehead atoms. The number of aromatic nitrogens is 2. The maximum absolute atomic E-state index is 12.2. The van der Waals surface area contributed by atoms with E-state index in [-0.39, 0.29) is 11.4 Å². The first kappa shape index (κ1) is 15.7. The summed E-state index contributed by atoms with van der Waals surface area (Å²) in [5, 5.41) is 9.71. The van der Waals surface area contributed by atoms with E-state index in [0.29, 0.717) is 0 Å². The smallest absolute Gasteiger partial charge is 0.240 e. The van der Waals surface area contributed by atoms with E-state index in [1.807, 2.05) is 26.1 Å². The van der Waals surface area contributed by atoms with Crippen LogP contribution in [0.15, 0.2) is 35.4 Å². The Morgan fingerprint density at radius 1 is 1.24 bits per heavy atom. The van der Waals surface area contributed by atoms with Crippen LogP contribution in [0.2, 0.25) is 0 Å². The van der Waals surface area contributed by atoms with Gasteiger partial charge in [-0.3, -0.25) is 5.10 Å². The van der Waals surface area contributed by atoms with Gasteiger partial charge in [-0.25, -0.2) is 13.1 Å². The lowest BCUT2D eigenvalue weighted by molar-refractivity contribution is 0.581. The molecule has 3 N–H and O–H groups in total. The molecule has 0 amide bonds. The quantitative estimate of drug-likeness (QED) is 0.711. The Labute approximate surface area is 125 Å². The van der Waals surface area contributed by atoms with Gasteiger partial charge in [-0.1, -0.05) is 12.1 Å². The number of nitrogens with zero attached hydrogens (tertiary/aromatic N) is 1. The number of benzene rings is 1. The topological polar surface area (TPSA) is 86.9 Å². The van der Waals surface area contributed by atoms with Crippen molar-refractivity contribution in [2.24, 2.45) is 0 Å². The number of aromatic amines is 1. The molecule has 114 valence electrons. The van der Waals surface area contributed by atoms with Crippen molar-refractivity contribution in [3.8, 4) is 0 Å². The molecule has 1 heterocycles. The molecule has 7 heteroatoms. The van der Waals surface area contributed by atoms with E-state index < -0.39 is 10.0 Å². The van der Waals surface area contributed by atoms with Gasteiger partial charge in [0.1, 0.15) is 0 Å². The number of nitrogens with one attached hydrogen (secondary N) is 3. The number of aryl methyl sites for hydroxylation is 1. The lowest BCUT2D eigenvalue weighted by atomic mass is 10.1. The van der Waals surface area contributed by atoms with Crippen molar-refractivity contribution < 1.29 is 8.42 Å². The summed E-state index contributed by atoms with van der Waals surface area (Å²) in [5.74, 6) is 0. The average molecular weight is 308 g/mol. The summed E-state index contributed by atoms with van der Waals surface area (Å²) in [7, 11) is -1.61. The van der Waals surface area contributed by atoms with Crippen LogP contribution in [-0.4, -0.2) is 32.2 Å². The molecule has 0 radical (unpaired) electrons. The SMILES string of the molecule is CNCCc1ccc(S(=O)(=O)NCc2cn[nH]c2C)cc1. The van der Waals surface area contributed by atoms with Gasteiger partial charge in [0.05, 0.1) is 11.1 Å². The Bertz CT molecular complexity index is 677. The van der Waals surface area contributed by atoms with Crippen LogP contribution in [0.4, 0.5) is 0 Å². The summed E-state index contributed by atoms with van der Waals surface area (Å²) >= 11 is 0. The van der Waals surface area contributed by atoms with Crippen molar-refractivity contribution in [2.75, 3.05) is 13.6 Å². The maximum Gasteiger partial charge on any atom is 0.240 e. The van der Waals surface area contributed by atoms with Crippen LogP contribution in [0.5, 0.6) is 0 Å². The molecule has 1 aromatic heterocycles. The molecule has 6 nitrogen and oxygen atoms in total. The highest BCUT2D eigenvalue weighted by Gasteiger charge is 2.14. The van der Waals surface area contributed by atoms with Gasteiger partial charge in [0, 0.05) is 17.8 Å². The largest absolute Gasteiger partial charge is 0.319 e. The minimum Gasteiger partial charge on any atom is -0.319 e. The van der Waals surface area contributed by atoms with Gasteiger partial charge in [-0.15, -0.1) is 0 Å². The molecule has 0 atom stereocenters. The fraction of sp³-hybridized carbons (Fsp3) is 0.357. The summed E-state index contributed by atoms with van der Waals surface area (Å²) in [6.07, 6.45) is 2.50. The molecule has 0 spiro atoms. The molecule has 0 aliphatic heterocycles. The second-order valence-corrected chi connectivity index (χ2v) is 6.61. The molecular weight excluding hydrogens is 288 g/mol. The average Bonchev–Trinajstić information content (AvgIpc) is 2.89. The molecular formula is C14H20N4O2S. The third-order valence-electron chi connectivity index (χ3n) is 3.28. The Balaban J connectivity index is 2.03. The third kappa shape index (κ3) is 4.13. The first-order chi connectivity index (χ1) is 10.0. The summed E-state index contributed by atoms with van der Waals surface area (Å²) in [6.45, 7) is 2.95. The van der Waals surface area contributed by atoms with Crippen LogP contribution in [-0.2, 0) is 23.0 Å². The predicted octanol–water partition coefficient (Wildman–Crippen LogP) is 0.959. The third-order valence-corrected chi connectivity index (χ3v) is 4.70. The van der Waals surface area contributed by atoms with Gasteiger partial charge in [-0.2, -0.15) is 5.10 Å². The molecule has 2 aromatic rings. The highest BCUT2D eigenvalue weighted by molar-refractivity contribution is 7.89. The molecule has 0 unspecified atom stereocenters. The van der Waals surface area contributed by atoms with Crippen LogP contribution < -0.4 is 10.0 Å². The summed E-state index contributed by atoms with van der Waals surface area (Å²) in [6, 6.07) is 6.95. The summed E-state index contributed by atoms with van der Waals surface area (Å²) in [5.41, 5.74) is 2.80. The zero-order valence-corrected chi connectivity index (χ0v) is 13.0. The molecule has 1 aromatic carbocycles. The molecule has 0 saturated heterocycles. The fourth-order valence-corrected chi connectivity index (χ4v) is 2.92. The fourth-order valence-electron chi connectivity index (χ4n) is 1.91. The van der Waals surface area contributed by atoms with Gasteiger partial charge in [-0.05, 0) is 44.6 Å². The summed E-state index contributed by atoms with van der Waals surface area (Å²) in [4.78, 5) is 0.275. The lowest BCUT2D eigenvalue weighted by Gasteiger charge is -2.07. The van der Waals surface area contributed by atoms with Crippen molar-refractivity contribution in [1.29, 1.82) is 0 Å². The highest BCUT2D eigenvalue weighted by Crippen LogP contribution is 2.12. The maximum atomic E-state index is 12.2. The van der Waals surface area contributed by atoms with E-state index in [4.69, 9.17) is 0 Å². The molecule has 0 saturated carbocycles. The van der Waals surface area contributed by atoms with Crippen molar-refractivity contribution in [1.82, 2.24) is 20.2 Å². The van der Waals surface area contributed by atoms with E-state index >= 15 is 0 Å². The van der Waals surface area contributed by atoms with Crippen LogP contribution >= 0.6 is 0 Å². The molecule has 21 heavy (non-hydrogen) atoms. The zero-order valence-electron chi connectivity index (χ0n) is 12.2. The van der Waals surface area contributed by atoms with Crippen LogP contribution in [0.3, 0.4) is 0 Å². The number of hydrogen-bond acceptors (Lipinski definition) is 4. The van der Waals surface area contributed by atoms with Gasteiger partial charge >= 0.3 is 0 Å². The Morgan fingerprint density at radius 2 is 1.95 bits per heavy atom. The van der Waals surface area contributed by atoms with Crippen molar-refractivity contribution >= 4 is 10.0 Å². The van der Waals surface area contributed by atoms with Gasteiger partial charge < -0.3 is 5.32 Å². The first-order valence-corrected chi connectivity index (χ1v) is 8.23. The minimum atomic E-state index is -3.50. The van der Waals surface area contributed by atoms with Crippen molar-refractivity contribution in [2.45, 2.75) is 24.8 Å². The Morgan fingerprint density at radius 3 is 2.52 bits per heavy atom. The Kier molecular flexibility index (Phi) is 5.11. The van der Waals surface area contributed by atoms with E-state index in [1.54, 1.807) is 18.3 Å². The lowest BCUT2D eigenvalue weighted by Crippen LogP contribution is -2.23. The zero-order chi connectivity index (χ0) is 15.3. The second-order valence-electron chi connectivity index (χ2n) is 4.84. The molecule has 0 aliphatic rings. The van der Waals surface area contributed by atoms with E-state index in [0.717, 1.165) is 29.8 Å². The van der Waals surface area contributed by atoms with E-state index in [9.17, 15) is 8.42 Å². The van der Waals surface area contributed by atoms with Gasteiger partial charge in [0.2, 0.25) is 10.0 Å². The number of likely N-dealkylation sites (N-methyl/N-ethyl adjacent to an activating group) is 1. The van der Waals surface area contributed by atoms with Crippen LogP contribution in [0.1, 0.15) is 16.8 Å². The summed E-state index contributed by atoms with van der Waals surface area (Å²) < 4.78 is 27.0. The second kappa shape index (κ2) is 6.84. The van der Waals surface area contributed by atoms with Crippen molar-refractivity contribution in [3.05, 3.63) is 47.3 Å². The normalized spacial score (nSPS) is 11.7.